The van der Waals surface area contributed by atoms with E-state index in [1.165, 1.54) is 30.3 Å². The standard InChI is InChI=1S/C24H17F3N2O2/c25-16-4-1-3-15(11-16)24(30)29-10-2-5-21(29)23-28-20-12-14(6-9-22(20)31-23)18-8-7-17(26)13-19(18)27/h1,3-4,6-9,11-13,21H,2,5,10H2/t21-/m1/s1. The molecule has 1 saturated heterocycles. The van der Waals surface area contributed by atoms with Crippen LogP contribution in [0.4, 0.5) is 13.2 Å². The number of rotatable bonds is 3. The second kappa shape index (κ2) is 7.58. The number of carbonyl (C=O) groups excluding carboxylic acids is 1. The van der Waals surface area contributed by atoms with Gasteiger partial charge >= 0.3 is 0 Å². The van der Waals surface area contributed by atoms with Crippen LogP contribution in [0, 0.1) is 17.5 Å². The lowest BCUT2D eigenvalue weighted by atomic mass is 10.0. The fourth-order valence-electron chi connectivity index (χ4n) is 4.03. The smallest absolute Gasteiger partial charge is 0.254 e. The Morgan fingerprint density at radius 1 is 1.00 bits per heavy atom. The molecule has 1 aliphatic heterocycles. The van der Waals surface area contributed by atoms with Crippen molar-refractivity contribution in [2.45, 2.75) is 18.9 Å². The minimum atomic E-state index is -0.661. The van der Waals surface area contributed by atoms with Crippen molar-refractivity contribution < 1.29 is 22.4 Å². The van der Waals surface area contributed by atoms with Gasteiger partial charge in [0.2, 0.25) is 5.89 Å². The van der Waals surface area contributed by atoms with Crippen molar-refractivity contribution >= 4 is 17.0 Å². The number of carbonyl (C=O) groups is 1. The van der Waals surface area contributed by atoms with Crippen LogP contribution in [0.3, 0.4) is 0 Å². The van der Waals surface area contributed by atoms with E-state index in [1.54, 1.807) is 29.2 Å². The molecule has 2 heterocycles. The number of hydrogen-bond acceptors (Lipinski definition) is 3. The summed E-state index contributed by atoms with van der Waals surface area (Å²) in [5.74, 6) is -1.67. The van der Waals surface area contributed by atoms with E-state index < -0.39 is 17.5 Å². The quantitative estimate of drug-likeness (QED) is 0.414. The van der Waals surface area contributed by atoms with E-state index in [2.05, 4.69) is 4.98 Å². The summed E-state index contributed by atoms with van der Waals surface area (Å²) in [5, 5.41) is 0. The summed E-state index contributed by atoms with van der Waals surface area (Å²) in [5.41, 5.74) is 2.10. The number of halogens is 3. The summed E-state index contributed by atoms with van der Waals surface area (Å²) in [6, 6.07) is 13.7. The largest absolute Gasteiger partial charge is 0.438 e. The molecule has 0 N–H and O–H groups in total. The zero-order valence-electron chi connectivity index (χ0n) is 16.3. The fraction of sp³-hybridized carbons (Fsp3) is 0.167. The van der Waals surface area contributed by atoms with Gasteiger partial charge in [-0.2, -0.15) is 0 Å². The first-order valence-corrected chi connectivity index (χ1v) is 9.92. The molecular weight excluding hydrogens is 405 g/mol. The molecule has 3 aromatic carbocycles. The van der Waals surface area contributed by atoms with Crippen molar-refractivity contribution in [1.29, 1.82) is 0 Å². The molecule has 0 aliphatic carbocycles. The molecule has 0 unspecified atom stereocenters. The molecular formula is C24H17F3N2O2. The molecule has 1 amide bonds. The van der Waals surface area contributed by atoms with Crippen LogP contribution in [0.15, 0.2) is 65.1 Å². The lowest BCUT2D eigenvalue weighted by Gasteiger charge is -2.22. The molecule has 1 atom stereocenters. The van der Waals surface area contributed by atoms with Gasteiger partial charge in [-0.25, -0.2) is 18.2 Å². The van der Waals surface area contributed by atoms with Crippen molar-refractivity contribution in [2.24, 2.45) is 0 Å². The van der Waals surface area contributed by atoms with E-state index in [0.717, 1.165) is 12.5 Å². The molecule has 0 saturated carbocycles. The van der Waals surface area contributed by atoms with Crippen molar-refractivity contribution in [3.63, 3.8) is 0 Å². The van der Waals surface area contributed by atoms with Gasteiger partial charge in [-0.1, -0.05) is 12.1 Å². The summed E-state index contributed by atoms with van der Waals surface area (Å²) >= 11 is 0. The number of hydrogen-bond donors (Lipinski definition) is 0. The molecule has 4 aromatic rings. The molecule has 0 spiro atoms. The van der Waals surface area contributed by atoms with Gasteiger partial charge in [0.1, 0.15) is 29.0 Å². The normalized spacial score (nSPS) is 16.2. The first kappa shape index (κ1) is 19.4. The van der Waals surface area contributed by atoms with E-state index in [9.17, 15) is 18.0 Å². The molecule has 156 valence electrons. The van der Waals surface area contributed by atoms with Gasteiger partial charge in [0, 0.05) is 23.7 Å². The highest BCUT2D eigenvalue weighted by Crippen LogP contribution is 2.35. The van der Waals surface area contributed by atoms with Crippen LogP contribution in [-0.4, -0.2) is 22.3 Å². The average Bonchev–Trinajstić information content (AvgIpc) is 3.39. The van der Waals surface area contributed by atoms with Crippen LogP contribution < -0.4 is 0 Å². The van der Waals surface area contributed by atoms with Gasteiger partial charge in [0.15, 0.2) is 5.58 Å². The monoisotopic (exact) mass is 422 g/mol. The maximum atomic E-state index is 14.2. The van der Waals surface area contributed by atoms with Crippen molar-refractivity contribution in [2.75, 3.05) is 6.54 Å². The minimum Gasteiger partial charge on any atom is -0.438 e. The number of fused-ring (bicyclic) bond motifs is 1. The molecule has 1 fully saturated rings. The Labute approximate surface area is 175 Å². The predicted molar refractivity (Wildman–Crippen MR) is 109 cm³/mol. The maximum Gasteiger partial charge on any atom is 0.254 e. The summed E-state index contributed by atoms with van der Waals surface area (Å²) in [7, 11) is 0. The van der Waals surface area contributed by atoms with Gasteiger partial charge in [-0.05, 0) is 60.9 Å². The number of nitrogens with zero attached hydrogens (tertiary/aromatic N) is 2. The lowest BCUT2D eigenvalue weighted by Crippen LogP contribution is -2.30. The molecule has 31 heavy (non-hydrogen) atoms. The molecule has 1 aliphatic rings. The fourth-order valence-corrected chi connectivity index (χ4v) is 4.03. The highest BCUT2D eigenvalue weighted by Gasteiger charge is 2.34. The first-order valence-electron chi connectivity index (χ1n) is 9.92. The number of amides is 1. The summed E-state index contributed by atoms with van der Waals surface area (Å²) in [6.45, 7) is 0.519. The van der Waals surface area contributed by atoms with Gasteiger partial charge in [0.25, 0.3) is 5.91 Å². The van der Waals surface area contributed by atoms with Gasteiger partial charge in [0.05, 0.1) is 0 Å². The summed E-state index contributed by atoms with van der Waals surface area (Å²) in [6.07, 6.45) is 1.45. The van der Waals surface area contributed by atoms with E-state index in [1.807, 2.05) is 0 Å². The number of oxazole rings is 1. The van der Waals surface area contributed by atoms with Crippen LogP contribution in [0.25, 0.3) is 22.2 Å². The van der Waals surface area contributed by atoms with Crippen LogP contribution in [0.2, 0.25) is 0 Å². The highest BCUT2D eigenvalue weighted by molar-refractivity contribution is 5.94. The predicted octanol–water partition coefficient (Wildman–Crippen LogP) is 5.89. The molecule has 1 aromatic heterocycles. The Morgan fingerprint density at radius 2 is 1.84 bits per heavy atom. The third-order valence-electron chi connectivity index (χ3n) is 5.52. The van der Waals surface area contributed by atoms with Crippen LogP contribution in [-0.2, 0) is 0 Å². The van der Waals surface area contributed by atoms with Gasteiger partial charge in [-0.3, -0.25) is 4.79 Å². The Morgan fingerprint density at radius 3 is 2.65 bits per heavy atom. The Kier molecular flexibility index (Phi) is 4.73. The van der Waals surface area contributed by atoms with E-state index >= 15 is 0 Å². The van der Waals surface area contributed by atoms with Gasteiger partial charge < -0.3 is 9.32 Å². The zero-order valence-corrected chi connectivity index (χ0v) is 16.3. The highest BCUT2D eigenvalue weighted by atomic mass is 19.1. The van der Waals surface area contributed by atoms with E-state index in [4.69, 9.17) is 4.42 Å². The lowest BCUT2D eigenvalue weighted by molar-refractivity contribution is 0.0716. The number of likely N-dealkylation sites (tertiary alicyclic amines) is 1. The van der Waals surface area contributed by atoms with E-state index in [-0.39, 0.29) is 23.1 Å². The Bertz CT molecular complexity index is 1300. The summed E-state index contributed by atoms with van der Waals surface area (Å²) in [4.78, 5) is 19.1. The average molecular weight is 422 g/mol. The maximum absolute atomic E-state index is 14.2. The third-order valence-corrected chi connectivity index (χ3v) is 5.52. The minimum absolute atomic E-state index is 0.261. The Balaban J connectivity index is 1.47. The number of benzene rings is 3. The van der Waals surface area contributed by atoms with Crippen LogP contribution in [0.1, 0.15) is 35.1 Å². The topological polar surface area (TPSA) is 46.3 Å². The third kappa shape index (κ3) is 3.56. The van der Waals surface area contributed by atoms with Crippen molar-refractivity contribution in [3.05, 3.63) is 89.6 Å². The van der Waals surface area contributed by atoms with Crippen LogP contribution >= 0.6 is 0 Å². The Hall–Kier alpha value is -3.61. The van der Waals surface area contributed by atoms with Gasteiger partial charge in [-0.15, -0.1) is 0 Å². The first-order chi connectivity index (χ1) is 15.0. The van der Waals surface area contributed by atoms with E-state index in [0.29, 0.717) is 35.5 Å². The van der Waals surface area contributed by atoms with Crippen LogP contribution in [0.5, 0.6) is 0 Å². The second-order valence-electron chi connectivity index (χ2n) is 7.53. The van der Waals surface area contributed by atoms with Crippen molar-refractivity contribution in [1.82, 2.24) is 9.88 Å². The molecule has 4 nitrogen and oxygen atoms in total. The molecule has 7 heteroatoms. The number of aromatic nitrogens is 1. The second-order valence-corrected chi connectivity index (χ2v) is 7.53. The SMILES string of the molecule is O=C(c1cccc(F)c1)N1CCC[C@@H]1c1nc2cc(-c3ccc(F)cc3F)ccc2o1. The summed E-state index contributed by atoms with van der Waals surface area (Å²) < 4.78 is 46.8. The van der Waals surface area contributed by atoms with Crippen molar-refractivity contribution in [3.8, 4) is 11.1 Å². The molecule has 0 bridgehead atoms. The molecule has 0 radical (unpaired) electrons. The molecule has 5 rings (SSSR count). The zero-order chi connectivity index (χ0) is 21.5.